The molecule has 0 amide bonds. The minimum atomic E-state index is -2.14. The first-order valence-corrected chi connectivity index (χ1v) is 14.7. The van der Waals surface area contributed by atoms with Crippen molar-refractivity contribution in [2.75, 3.05) is 0 Å². The molecule has 0 aromatic heterocycles. The second-order valence-electron chi connectivity index (χ2n) is 10.0. The molecule has 0 aliphatic rings. The molecule has 0 saturated heterocycles. The van der Waals surface area contributed by atoms with Crippen molar-refractivity contribution in [1.29, 1.82) is 0 Å². The fourth-order valence-corrected chi connectivity index (χ4v) is 4.29. The van der Waals surface area contributed by atoms with Crippen LogP contribution in [0, 0.1) is 0 Å². The third-order valence-corrected chi connectivity index (χ3v) is 10.7. The van der Waals surface area contributed by atoms with Crippen molar-refractivity contribution in [1.82, 2.24) is 0 Å². The molecular weight excluding hydrogens is 440 g/mol. The Morgan fingerprint density at radius 3 is 1.85 bits per heavy atom. The lowest BCUT2D eigenvalue weighted by atomic mass is 10.1. The molecule has 0 aliphatic heterocycles. The first-order valence-electron chi connectivity index (χ1n) is 11.8. The molecule has 4 nitrogen and oxygen atoms in total. The Hall–Kier alpha value is -3.05. The lowest BCUT2D eigenvalue weighted by Crippen LogP contribution is -2.44. The van der Waals surface area contributed by atoms with Crippen LogP contribution in [0.3, 0.4) is 0 Å². The molecule has 3 rings (SSSR count). The van der Waals surface area contributed by atoms with E-state index in [1.807, 2.05) is 72.8 Å². The predicted octanol–water partition coefficient (Wildman–Crippen LogP) is 7.36. The Labute approximate surface area is 205 Å². The zero-order chi connectivity index (χ0) is 24.6. The van der Waals surface area contributed by atoms with E-state index in [1.165, 1.54) is 0 Å². The van der Waals surface area contributed by atoms with Gasteiger partial charge in [-0.25, -0.2) is 0 Å². The maximum absolute atomic E-state index is 11.3. The van der Waals surface area contributed by atoms with Crippen LogP contribution in [-0.2, 0) is 24.4 Å². The molecule has 0 unspecified atom stereocenters. The van der Waals surface area contributed by atoms with Gasteiger partial charge in [0.15, 0.2) is 0 Å². The van der Waals surface area contributed by atoms with Gasteiger partial charge in [0.05, 0.1) is 0 Å². The van der Waals surface area contributed by atoms with Gasteiger partial charge in [-0.15, -0.1) is 0 Å². The van der Waals surface area contributed by atoms with Crippen LogP contribution in [0.4, 0.5) is 0 Å². The van der Waals surface area contributed by atoms with Crippen LogP contribution < -0.4 is 13.9 Å². The Morgan fingerprint density at radius 1 is 0.794 bits per heavy atom. The molecule has 0 N–H and O–H groups in total. The summed E-state index contributed by atoms with van der Waals surface area (Å²) in [5, 5.41) is 0.0287. The average Bonchev–Trinajstić information content (AvgIpc) is 2.81. The highest BCUT2D eigenvalue weighted by Crippen LogP contribution is 2.42. The highest BCUT2D eigenvalue weighted by Gasteiger charge is 2.39. The Kier molecular flexibility index (Phi) is 8.56. The number of benzene rings is 3. The maximum Gasteiger partial charge on any atom is 0.250 e. The van der Waals surface area contributed by atoms with E-state index in [9.17, 15) is 4.79 Å². The number of hydrogen-bond acceptors (Lipinski definition) is 4. The van der Waals surface area contributed by atoms with Gasteiger partial charge in [-0.3, -0.25) is 0 Å². The third-order valence-electron chi connectivity index (χ3n) is 6.31. The molecule has 3 aromatic rings. The monoisotopic (exact) mass is 476 g/mol. The van der Waals surface area contributed by atoms with E-state index in [0.29, 0.717) is 37.6 Å². The molecule has 34 heavy (non-hydrogen) atoms. The summed E-state index contributed by atoms with van der Waals surface area (Å²) in [4.78, 5) is 11.3. The fraction of sp³-hybridized carbons (Fsp3) is 0.345. The summed E-state index contributed by atoms with van der Waals surface area (Å²) < 4.78 is 19.2. The smallest absolute Gasteiger partial charge is 0.250 e. The first-order chi connectivity index (χ1) is 16.2. The Bertz CT molecular complexity index is 1060. The number of aldehydes is 1. The predicted molar refractivity (Wildman–Crippen MR) is 140 cm³/mol. The average molecular weight is 477 g/mol. The molecule has 0 bridgehead atoms. The summed E-state index contributed by atoms with van der Waals surface area (Å²) in [6.45, 7) is 12.0. The molecule has 180 valence electrons. The van der Waals surface area contributed by atoms with Gasteiger partial charge in [-0.1, -0.05) is 81.4 Å². The van der Waals surface area contributed by atoms with Gasteiger partial charge >= 0.3 is 0 Å². The van der Waals surface area contributed by atoms with Crippen LogP contribution >= 0.6 is 0 Å². The number of rotatable bonds is 11. The number of hydrogen-bond donors (Lipinski definition) is 0. The van der Waals surface area contributed by atoms with E-state index < -0.39 is 8.32 Å². The zero-order valence-corrected chi connectivity index (χ0v) is 22.0. The molecule has 0 radical (unpaired) electrons. The van der Waals surface area contributed by atoms with Gasteiger partial charge in [0, 0.05) is 24.1 Å². The van der Waals surface area contributed by atoms with Gasteiger partial charge in [0.2, 0.25) is 8.32 Å². The zero-order valence-electron chi connectivity index (χ0n) is 21.0. The Morgan fingerprint density at radius 2 is 1.32 bits per heavy atom. The summed E-state index contributed by atoms with van der Waals surface area (Å²) >= 11 is 0. The highest BCUT2D eigenvalue weighted by atomic mass is 28.4. The molecular formula is C29H36O4Si. The van der Waals surface area contributed by atoms with Crippen molar-refractivity contribution < 1.29 is 18.7 Å². The van der Waals surface area contributed by atoms with Crippen LogP contribution in [0.5, 0.6) is 17.2 Å². The Balaban J connectivity index is 1.98. The number of ether oxygens (including phenoxy) is 2. The van der Waals surface area contributed by atoms with Gasteiger partial charge in [-0.2, -0.15) is 0 Å². The van der Waals surface area contributed by atoms with Crippen LogP contribution in [0.25, 0.3) is 0 Å². The SMILES string of the molecule is CC(C)(C)[Si](C)(C)Oc1cc(OCc2ccccc2)cc(OCc2ccccc2)c1CCC=O. The van der Waals surface area contributed by atoms with Crippen LogP contribution in [-0.4, -0.2) is 14.6 Å². The topological polar surface area (TPSA) is 44.8 Å². The lowest BCUT2D eigenvalue weighted by Gasteiger charge is -2.37. The number of carbonyl (C=O) groups excluding carboxylic acids is 1. The summed E-state index contributed by atoms with van der Waals surface area (Å²) in [7, 11) is -2.14. The molecule has 3 aromatic carbocycles. The molecule has 0 spiro atoms. The minimum Gasteiger partial charge on any atom is -0.543 e. The van der Waals surface area contributed by atoms with Gasteiger partial charge in [0.25, 0.3) is 0 Å². The second-order valence-corrected chi connectivity index (χ2v) is 14.7. The molecule has 5 heteroatoms. The van der Waals surface area contributed by atoms with Crippen LogP contribution in [0.1, 0.15) is 43.9 Å². The summed E-state index contributed by atoms with van der Waals surface area (Å²) in [6, 6.07) is 24.0. The van der Waals surface area contributed by atoms with Crippen molar-refractivity contribution >= 4 is 14.6 Å². The maximum atomic E-state index is 11.3. The van der Waals surface area contributed by atoms with Gasteiger partial charge < -0.3 is 18.7 Å². The molecule has 0 heterocycles. The molecule has 0 atom stereocenters. The quantitative estimate of drug-likeness (QED) is 0.214. The number of carbonyl (C=O) groups is 1. The van der Waals surface area contributed by atoms with E-state index in [2.05, 4.69) is 33.9 Å². The minimum absolute atomic E-state index is 0.0287. The van der Waals surface area contributed by atoms with Crippen molar-refractivity contribution in [3.63, 3.8) is 0 Å². The third kappa shape index (κ3) is 6.97. The van der Waals surface area contributed by atoms with Gasteiger partial charge in [-0.05, 0) is 35.7 Å². The normalized spacial score (nSPS) is 11.7. The van der Waals surface area contributed by atoms with Crippen molar-refractivity contribution in [3.8, 4) is 17.2 Å². The lowest BCUT2D eigenvalue weighted by molar-refractivity contribution is -0.107. The van der Waals surface area contributed by atoms with Crippen LogP contribution in [0.15, 0.2) is 72.8 Å². The first kappa shape index (κ1) is 25.6. The van der Waals surface area contributed by atoms with Gasteiger partial charge in [0.1, 0.15) is 36.7 Å². The fourth-order valence-electron chi connectivity index (χ4n) is 3.25. The summed E-state index contributed by atoms with van der Waals surface area (Å²) in [5.41, 5.74) is 3.08. The van der Waals surface area contributed by atoms with E-state index in [0.717, 1.165) is 28.7 Å². The molecule has 0 fully saturated rings. The summed E-state index contributed by atoms with van der Waals surface area (Å²) in [5.74, 6) is 2.14. The van der Waals surface area contributed by atoms with E-state index in [1.54, 1.807) is 0 Å². The van der Waals surface area contributed by atoms with Crippen molar-refractivity contribution in [2.24, 2.45) is 0 Å². The van der Waals surface area contributed by atoms with Crippen LogP contribution in [0.2, 0.25) is 18.1 Å². The second kappa shape index (κ2) is 11.4. The largest absolute Gasteiger partial charge is 0.543 e. The van der Waals surface area contributed by atoms with E-state index >= 15 is 0 Å². The van der Waals surface area contributed by atoms with Crippen molar-refractivity contribution in [3.05, 3.63) is 89.5 Å². The highest BCUT2D eigenvalue weighted by molar-refractivity contribution is 6.74. The molecule has 0 aliphatic carbocycles. The summed E-state index contributed by atoms with van der Waals surface area (Å²) in [6.07, 6.45) is 1.90. The molecule has 0 saturated carbocycles. The van der Waals surface area contributed by atoms with E-state index in [-0.39, 0.29) is 5.04 Å². The van der Waals surface area contributed by atoms with E-state index in [4.69, 9.17) is 13.9 Å². The standard InChI is InChI=1S/C29H36O4Si/c1-29(2,3)34(4,5)33-28-20-25(31-21-23-13-8-6-9-14-23)19-27(26(28)17-12-18-30)32-22-24-15-10-7-11-16-24/h6-11,13-16,18-20H,12,17,21-22H2,1-5H3. The van der Waals surface area contributed by atoms with Crippen molar-refractivity contribution in [2.45, 2.75) is 65.0 Å².